The van der Waals surface area contributed by atoms with Crippen molar-refractivity contribution in [3.05, 3.63) is 71.5 Å². The van der Waals surface area contributed by atoms with Crippen molar-refractivity contribution in [3.63, 3.8) is 0 Å². The Hall–Kier alpha value is -4.21. The Morgan fingerprint density at radius 1 is 1.21 bits per heavy atom. The van der Waals surface area contributed by atoms with E-state index in [4.69, 9.17) is 10.5 Å². The number of ether oxygens (including phenoxy) is 1. The Morgan fingerprint density at radius 2 is 2.00 bits per heavy atom. The van der Waals surface area contributed by atoms with E-state index in [9.17, 15) is 4.79 Å². The topological polar surface area (TPSA) is 98.3 Å². The number of likely N-dealkylation sites (N-methyl/N-ethyl adjacent to an activating group) is 1. The third kappa shape index (κ3) is 5.10. The number of rotatable bonds is 9. The van der Waals surface area contributed by atoms with Crippen molar-refractivity contribution in [1.82, 2.24) is 19.4 Å². The highest BCUT2D eigenvalue weighted by molar-refractivity contribution is 7.18. The van der Waals surface area contributed by atoms with Gasteiger partial charge in [0.1, 0.15) is 11.6 Å². The number of fused-ring (bicyclic) bond motifs is 2. The minimum absolute atomic E-state index is 0.310. The van der Waals surface area contributed by atoms with Gasteiger partial charge >= 0.3 is 0 Å². The molecule has 0 saturated carbocycles. The first-order valence-corrected chi connectivity index (χ1v) is 13.8. The molecule has 0 aliphatic carbocycles. The number of nitrogens with two attached hydrogens (primary N) is 1. The summed E-state index contributed by atoms with van der Waals surface area (Å²) in [4.78, 5) is 24.5. The molecule has 5 aromatic rings. The number of imidazole rings is 1. The Kier molecular flexibility index (Phi) is 7.63. The number of carbonyl (C=O) groups excluding carboxylic acids is 1. The molecule has 0 atom stereocenters. The Balaban J connectivity index is 1.45. The van der Waals surface area contributed by atoms with Crippen LogP contribution >= 0.6 is 11.3 Å². The van der Waals surface area contributed by atoms with E-state index in [1.165, 1.54) is 0 Å². The fourth-order valence-electron chi connectivity index (χ4n) is 4.72. The van der Waals surface area contributed by atoms with Crippen LogP contribution in [0, 0.1) is 0 Å². The van der Waals surface area contributed by atoms with Crippen LogP contribution < -0.4 is 15.8 Å². The average Bonchev–Trinajstić information content (AvgIpc) is 3.55. The quantitative estimate of drug-likeness (QED) is 0.236. The van der Waals surface area contributed by atoms with E-state index in [0.29, 0.717) is 23.1 Å². The summed E-state index contributed by atoms with van der Waals surface area (Å²) < 4.78 is 8.55. The van der Waals surface area contributed by atoms with E-state index in [2.05, 4.69) is 51.6 Å². The third-order valence-electron chi connectivity index (χ3n) is 6.96. The van der Waals surface area contributed by atoms with Crippen LogP contribution in [0.15, 0.2) is 60.1 Å². The van der Waals surface area contributed by atoms with E-state index < -0.39 is 0 Å². The number of hydrogen-bond donors (Lipinski definition) is 2. The molecule has 8 nitrogen and oxygen atoms in total. The van der Waals surface area contributed by atoms with Crippen LogP contribution in [0.4, 0.5) is 11.5 Å². The number of nitrogens with one attached hydrogen (secondary N) is 1. The zero-order valence-corrected chi connectivity index (χ0v) is 23.4. The number of nitrogens with zero attached hydrogens (tertiary/aromatic N) is 4. The molecule has 5 rings (SSSR count). The lowest BCUT2D eigenvalue weighted by Gasteiger charge is -2.14. The van der Waals surface area contributed by atoms with Gasteiger partial charge in [-0.05, 0) is 48.3 Å². The second kappa shape index (κ2) is 11.3. The number of hydrogen-bond acceptors (Lipinski definition) is 7. The van der Waals surface area contributed by atoms with Gasteiger partial charge in [-0.15, -0.1) is 11.3 Å². The first-order valence-electron chi connectivity index (χ1n) is 12.9. The molecule has 3 heterocycles. The fraction of sp³-hybridized carbons (Fsp3) is 0.233. The summed E-state index contributed by atoms with van der Waals surface area (Å²) in [7, 11) is 3.42. The second-order valence-electron chi connectivity index (χ2n) is 9.19. The minimum atomic E-state index is -0.310. The van der Waals surface area contributed by atoms with Gasteiger partial charge in [-0.25, -0.2) is 9.97 Å². The summed E-state index contributed by atoms with van der Waals surface area (Å²) in [5, 5.41) is 5.97. The number of aromatic nitrogens is 3. The number of methoxy groups -OCH3 is 1. The van der Waals surface area contributed by atoms with Crippen LogP contribution in [0.2, 0.25) is 0 Å². The molecule has 0 spiro atoms. The maximum atomic E-state index is 13.1. The van der Waals surface area contributed by atoms with Gasteiger partial charge < -0.3 is 25.3 Å². The number of para-hydroxylation sites is 2. The van der Waals surface area contributed by atoms with Crippen molar-refractivity contribution in [2.45, 2.75) is 13.8 Å². The predicted molar refractivity (Wildman–Crippen MR) is 162 cm³/mol. The highest BCUT2D eigenvalue weighted by atomic mass is 32.1. The molecule has 3 aromatic heterocycles. The molecule has 2 aromatic carbocycles. The maximum Gasteiger partial charge on any atom is 0.291 e. The molecule has 1 amide bonds. The van der Waals surface area contributed by atoms with Crippen LogP contribution in [0.3, 0.4) is 0 Å². The summed E-state index contributed by atoms with van der Waals surface area (Å²) in [6.07, 6.45) is 6.12. The van der Waals surface area contributed by atoms with Crippen LogP contribution in [0.25, 0.3) is 38.3 Å². The molecule has 0 aliphatic rings. The van der Waals surface area contributed by atoms with Crippen LogP contribution in [0.5, 0.6) is 5.75 Å². The van der Waals surface area contributed by atoms with Gasteiger partial charge in [0.05, 0.1) is 23.8 Å². The lowest BCUT2D eigenvalue weighted by molar-refractivity contribution is 0.101. The maximum absolute atomic E-state index is 13.1. The number of benzene rings is 2. The summed E-state index contributed by atoms with van der Waals surface area (Å²) in [5.74, 6) is 1.04. The SMILES string of the molecule is CCN(CC)C/C=C/c1cnc(N)c2c(-c3ccc(NC(=O)c4nc5ccccc5n4C)c(OC)c3)csc12. The number of amides is 1. The van der Waals surface area contributed by atoms with Crippen molar-refractivity contribution in [2.24, 2.45) is 7.05 Å². The van der Waals surface area contributed by atoms with E-state index in [1.807, 2.05) is 55.7 Å². The minimum Gasteiger partial charge on any atom is -0.495 e. The van der Waals surface area contributed by atoms with Crippen LogP contribution in [0.1, 0.15) is 30.0 Å². The third-order valence-corrected chi connectivity index (χ3v) is 7.99. The lowest BCUT2D eigenvalue weighted by atomic mass is 10.0. The van der Waals surface area contributed by atoms with Crippen molar-refractivity contribution in [1.29, 1.82) is 0 Å². The van der Waals surface area contributed by atoms with Gasteiger partial charge in [0.2, 0.25) is 0 Å². The van der Waals surface area contributed by atoms with Gasteiger partial charge in [0.25, 0.3) is 5.91 Å². The number of anilines is 2. The normalized spacial score (nSPS) is 11.7. The summed E-state index contributed by atoms with van der Waals surface area (Å²) in [6, 6.07) is 13.4. The molecule has 0 aliphatic heterocycles. The molecule has 0 radical (unpaired) electrons. The Bertz CT molecular complexity index is 1680. The second-order valence-corrected chi connectivity index (χ2v) is 10.1. The van der Waals surface area contributed by atoms with Crippen molar-refractivity contribution < 1.29 is 9.53 Å². The predicted octanol–water partition coefficient (Wildman–Crippen LogP) is 6.05. The number of pyridine rings is 1. The van der Waals surface area contributed by atoms with E-state index in [1.54, 1.807) is 23.0 Å². The largest absolute Gasteiger partial charge is 0.495 e. The van der Waals surface area contributed by atoms with E-state index in [0.717, 1.165) is 57.4 Å². The molecule has 9 heteroatoms. The highest BCUT2D eigenvalue weighted by Crippen LogP contribution is 2.41. The highest BCUT2D eigenvalue weighted by Gasteiger charge is 2.19. The van der Waals surface area contributed by atoms with Gasteiger partial charge in [0, 0.05) is 41.0 Å². The monoisotopic (exact) mass is 540 g/mol. The fourth-order valence-corrected chi connectivity index (χ4v) is 5.80. The van der Waals surface area contributed by atoms with Gasteiger partial charge in [-0.3, -0.25) is 4.79 Å². The number of carbonyl (C=O) groups is 1. The van der Waals surface area contributed by atoms with Crippen molar-refractivity contribution >= 4 is 55.9 Å². The number of thiophene rings is 1. The zero-order chi connectivity index (χ0) is 27.5. The number of aryl methyl sites for hydroxylation is 1. The molecule has 200 valence electrons. The Labute approximate surface area is 231 Å². The molecule has 0 fully saturated rings. The molecule has 0 saturated heterocycles. The summed E-state index contributed by atoms with van der Waals surface area (Å²) in [6.45, 7) is 7.23. The van der Waals surface area contributed by atoms with Crippen molar-refractivity contribution in [2.75, 3.05) is 37.8 Å². The molecular formula is C30H32N6O2S. The summed E-state index contributed by atoms with van der Waals surface area (Å²) in [5.41, 5.74) is 11.5. The molecule has 0 bridgehead atoms. The lowest BCUT2D eigenvalue weighted by Crippen LogP contribution is -2.22. The molecular weight excluding hydrogens is 508 g/mol. The molecule has 3 N–H and O–H groups in total. The smallest absolute Gasteiger partial charge is 0.291 e. The summed E-state index contributed by atoms with van der Waals surface area (Å²) >= 11 is 1.64. The number of nitrogen functional groups attached to an aromatic ring is 1. The van der Waals surface area contributed by atoms with E-state index in [-0.39, 0.29) is 5.91 Å². The zero-order valence-electron chi connectivity index (χ0n) is 22.6. The van der Waals surface area contributed by atoms with Gasteiger partial charge in [-0.1, -0.05) is 44.2 Å². The Morgan fingerprint density at radius 3 is 2.74 bits per heavy atom. The van der Waals surface area contributed by atoms with Crippen LogP contribution in [-0.4, -0.2) is 52.1 Å². The van der Waals surface area contributed by atoms with Crippen molar-refractivity contribution in [3.8, 4) is 16.9 Å². The average molecular weight is 541 g/mol. The first-order chi connectivity index (χ1) is 18.9. The van der Waals surface area contributed by atoms with Gasteiger partial charge in [0.15, 0.2) is 5.82 Å². The first kappa shape index (κ1) is 26.4. The standard InChI is InChI=1S/C30H32N6O2S/c1-5-36(6-2)15-9-10-20-17-32-28(31)26-21(18-39-27(20)26)19-13-14-23(25(16-19)38-4)34-30(37)29-33-22-11-7-8-12-24(22)35(29)3/h7-14,16-18H,5-6,15H2,1-4H3,(H2,31,32)(H,34,37)/b10-9+. The van der Waals surface area contributed by atoms with E-state index >= 15 is 0 Å². The van der Waals surface area contributed by atoms with Gasteiger partial charge in [-0.2, -0.15) is 0 Å². The van der Waals surface area contributed by atoms with Crippen LogP contribution in [-0.2, 0) is 7.05 Å². The molecule has 39 heavy (non-hydrogen) atoms. The molecule has 0 unspecified atom stereocenters.